The third-order valence-electron chi connectivity index (χ3n) is 2.17. The first-order valence-electron chi connectivity index (χ1n) is 6.95. The first-order chi connectivity index (χ1) is 7.97. The lowest BCUT2D eigenvalue weighted by Crippen LogP contribution is -2.52. The monoisotopic (exact) mass is 324 g/mol. The maximum Gasteiger partial charge on any atom is 0.314 e. The Kier molecular flexibility index (Phi) is 10.0. The molecule has 0 N–H and O–H groups in total. The highest BCUT2D eigenvalue weighted by atomic mass is 28.5. The number of ether oxygens (including phenoxy) is 1. The third-order valence-corrected chi connectivity index (χ3v) is 11.8. The van der Waals surface area contributed by atoms with E-state index in [1.165, 1.54) is 0 Å². The molecule has 0 radical (unpaired) electrons. The normalized spacial score (nSPS) is 13.3. The Bertz CT molecular complexity index is 218. The van der Waals surface area contributed by atoms with E-state index in [0.29, 0.717) is 0 Å². The summed E-state index contributed by atoms with van der Waals surface area (Å²) in [5, 5.41) is 0. The van der Waals surface area contributed by atoms with E-state index in [2.05, 4.69) is 45.8 Å². The molecule has 0 saturated carbocycles. The van der Waals surface area contributed by atoms with E-state index in [4.69, 9.17) is 13.0 Å². The molecular weight excluding hydrogens is 288 g/mol. The molecular formula is C13H36O3Si3. The second kappa shape index (κ2) is 8.74. The minimum atomic E-state index is -2.03. The van der Waals surface area contributed by atoms with E-state index in [1.807, 2.05) is 6.92 Å². The van der Waals surface area contributed by atoms with Crippen molar-refractivity contribution >= 4 is 25.2 Å². The summed E-state index contributed by atoms with van der Waals surface area (Å²) in [7, 11) is -5.11. The third kappa shape index (κ3) is 13.3. The molecule has 0 bridgehead atoms. The van der Waals surface area contributed by atoms with Crippen molar-refractivity contribution in [3.05, 3.63) is 0 Å². The summed E-state index contributed by atoms with van der Waals surface area (Å²) >= 11 is 0. The van der Waals surface area contributed by atoms with Gasteiger partial charge in [0.2, 0.25) is 0 Å². The molecule has 0 amide bonds. The van der Waals surface area contributed by atoms with Crippen LogP contribution in [0.4, 0.5) is 0 Å². The molecule has 0 atom stereocenters. The molecule has 3 nitrogen and oxygen atoms in total. The molecule has 0 aromatic carbocycles. The van der Waals surface area contributed by atoms with Gasteiger partial charge < -0.3 is 13.0 Å². The fraction of sp³-hybridized carbons (Fsp3) is 1.00. The van der Waals surface area contributed by atoms with Gasteiger partial charge in [0.25, 0.3) is 0 Å². The lowest BCUT2D eigenvalue weighted by molar-refractivity contribution is 0.146. The van der Waals surface area contributed by atoms with Gasteiger partial charge in [-0.2, -0.15) is 0 Å². The fourth-order valence-electron chi connectivity index (χ4n) is 2.06. The van der Waals surface area contributed by atoms with Gasteiger partial charge >= 0.3 is 8.56 Å². The van der Waals surface area contributed by atoms with Crippen LogP contribution in [0.25, 0.3) is 0 Å². The SMILES string of the molecule is C.CCOCCC[Si](C)(O[Si](C)(C)C)O[Si](C)(C)C. The minimum absolute atomic E-state index is 0. The van der Waals surface area contributed by atoms with Crippen LogP contribution in [0, 0.1) is 0 Å². The van der Waals surface area contributed by atoms with Crippen LogP contribution in [0.15, 0.2) is 0 Å². The van der Waals surface area contributed by atoms with Crippen molar-refractivity contribution in [1.29, 1.82) is 0 Å². The zero-order valence-electron chi connectivity index (χ0n) is 13.6. The van der Waals surface area contributed by atoms with Crippen LogP contribution >= 0.6 is 0 Å². The van der Waals surface area contributed by atoms with Gasteiger partial charge in [-0.25, -0.2) is 0 Å². The van der Waals surface area contributed by atoms with E-state index >= 15 is 0 Å². The lowest BCUT2D eigenvalue weighted by atomic mass is 10.5. The standard InChI is InChI=1S/C12H32O3Si3.CH4/c1-9-13-11-10-12-18(8,14-16(2,3)4)15-17(5,6)7;/h9-12H2,1-8H3;1H4. The Morgan fingerprint density at radius 3 is 1.53 bits per heavy atom. The van der Waals surface area contributed by atoms with Crippen LogP contribution in [0.1, 0.15) is 20.8 Å². The summed E-state index contributed by atoms with van der Waals surface area (Å²) in [5.41, 5.74) is 0. The van der Waals surface area contributed by atoms with Crippen LogP contribution in [0.2, 0.25) is 51.9 Å². The van der Waals surface area contributed by atoms with Gasteiger partial charge in [-0.15, -0.1) is 0 Å². The van der Waals surface area contributed by atoms with Crippen LogP contribution in [0.5, 0.6) is 0 Å². The van der Waals surface area contributed by atoms with Crippen LogP contribution in [-0.2, 0) is 13.0 Å². The predicted molar refractivity (Wildman–Crippen MR) is 93.1 cm³/mol. The Morgan fingerprint density at radius 1 is 0.789 bits per heavy atom. The van der Waals surface area contributed by atoms with E-state index in [1.54, 1.807) is 0 Å². The molecule has 0 rings (SSSR count). The maximum absolute atomic E-state index is 6.42. The maximum atomic E-state index is 6.42. The summed E-state index contributed by atoms with van der Waals surface area (Å²) in [5.74, 6) is 0. The second-order valence-electron chi connectivity index (χ2n) is 6.86. The van der Waals surface area contributed by atoms with Gasteiger partial charge in [-0.05, 0) is 65.2 Å². The van der Waals surface area contributed by atoms with Gasteiger partial charge in [0.05, 0.1) is 0 Å². The van der Waals surface area contributed by atoms with Crippen molar-refractivity contribution in [1.82, 2.24) is 0 Å². The summed E-state index contributed by atoms with van der Waals surface area (Å²) in [6, 6.07) is 1.04. The van der Waals surface area contributed by atoms with Gasteiger partial charge in [0, 0.05) is 13.2 Å². The molecule has 0 fully saturated rings. The molecule has 6 heteroatoms. The van der Waals surface area contributed by atoms with E-state index in [0.717, 1.165) is 25.7 Å². The highest BCUT2D eigenvalue weighted by Crippen LogP contribution is 2.25. The first kappa shape index (κ1) is 21.8. The summed E-state index contributed by atoms with van der Waals surface area (Å²) < 4.78 is 18.3. The topological polar surface area (TPSA) is 27.7 Å². The van der Waals surface area contributed by atoms with E-state index < -0.39 is 25.2 Å². The quantitative estimate of drug-likeness (QED) is 0.449. The van der Waals surface area contributed by atoms with Crippen LogP contribution in [0.3, 0.4) is 0 Å². The summed E-state index contributed by atoms with van der Waals surface area (Å²) in [4.78, 5) is 0. The van der Waals surface area contributed by atoms with Gasteiger partial charge in [-0.3, -0.25) is 0 Å². The minimum Gasteiger partial charge on any atom is -0.437 e. The first-order valence-corrected chi connectivity index (χ1v) is 16.3. The number of hydrogen-bond donors (Lipinski definition) is 0. The summed E-state index contributed by atoms with van der Waals surface area (Å²) in [6.45, 7) is 19.3. The second-order valence-corrected chi connectivity index (χ2v) is 19.7. The van der Waals surface area contributed by atoms with Crippen molar-refractivity contribution < 1.29 is 13.0 Å². The predicted octanol–water partition coefficient (Wildman–Crippen LogP) is 4.82. The average molecular weight is 325 g/mol. The highest BCUT2D eigenvalue weighted by Gasteiger charge is 2.39. The van der Waals surface area contributed by atoms with Gasteiger partial charge in [-0.1, -0.05) is 7.43 Å². The molecule has 0 heterocycles. The summed E-state index contributed by atoms with van der Waals surface area (Å²) in [6.07, 6.45) is 1.05. The Balaban J connectivity index is 0. The van der Waals surface area contributed by atoms with Gasteiger partial charge in [0.1, 0.15) is 0 Å². The molecule has 0 aromatic heterocycles. The zero-order chi connectivity index (χ0) is 14.4. The van der Waals surface area contributed by atoms with Gasteiger partial charge in [0.15, 0.2) is 16.6 Å². The molecule has 19 heavy (non-hydrogen) atoms. The molecule has 0 unspecified atom stereocenters. The molecule has 0 spiro atoms. The fourth-order valence-corrected chi connectivity index (χ4v) is 14.6. The Hall–Kier alpha value is 0.531. The highest BCUT2D eigenvalue weighted by molar-refractivity contribution is 6.87. The average Bonchev–Trinajstić information content (AvgIpc) is 2.05. The lowest BCUT2D eigenvalue weighted by Gasteiger charge is -2.38. The number of hydrogen-bond acceptors (Lipinski definition) is 3. The van der Waals surface area contributed by atoms with Crippen LogP contribution in [-0.4, -0.2) is 38.4 Å². The van der Waals surface area contributed by atoms with E-state index in [9.17, 15) is 0 Å². The van der Waals surface area contributed by atoms with Crippen molar-refractivity contribution in [2.24, 2.45) is 0 Å². The van der Waals surface area contributed by atoms with Crippen molar-refractivity contribution in [2.45, 2.75) is 72.6 Å². The molecule has 0 aliphatic rings. The molecule has 0 aromatic rings. The Morgan fingerprint density at radius 2 is 1.21 bits per heavy atom. The molecule has 0 saturated heterocycles. The molecule has 118 valence electrons. The van der Waals surface area contributed by atoms with E-state index in [-0.39, 0.29) is 7.43 Å². The van der Waals surface area contributed by atoms with Crippen molar-refractivity contribution in [2.75, 3.05) is 13.2 Å². The Labute approximate surface area is 124 Å². The van der Waals surface area contributed by atoms with Crippen molar-refractivity contribution in [3.63, 3.8) is 0 Å². The van der Waals surface area contributed by atoms with Crippen molar-refractivity contribution in [3.8, 4) is 0 Å². The molecule has 0 aliphatic carbocycles. The number of rotatable bonds is 9. The largest absolute Gasteiger partial charge is 0.437 e. The molecule has 0 aliphatic heterocycles. The smallest absolute Gasteiger partial charge is 0.314 e. The van der Waals surface area contributed by atoms with Crippen LogP contribution < -0.4 is 0 Å². The zero-order valence-corrected chi connectivity index (χ0v) is 16.6.